The molecule has 0 N–H and O–H groups in total. The van der Waals surface area contributed by atoms with Crippen molar-refractivity contribution < 1.29 is 23.6 Å². The largest absolute Gasteiger partial charge is 0.340 e. The SMILES string of the molecule is CC(C)CN1C(=O)C(=O)N(CC(=O)N(C)Cc2cccc(F)c2)C1=O. The van der Waals surface area contributed by atoms with E-state index in [4.69, 9.17) is 0 Å². The van der Waals surface area contributed by atoms with Gasteiger partial charge in [-0.05, 0) is 23.6 Å². The molecule has 0 saturated carbocycles. The molecule has 0 atom stereocenters. The Kier molecular flexibility index (Phi) is 5.51. The van der Waals surface area contributed by atoms with E-state index in [2.05, 4.69) is 0 Å². The number of nitrogens with zero attached hydrogens (tertiary/aromatic N) is 3. The molecule has 1 saturated heterocycles. The quantitative estimate of drug-likeness (QED) is 0.572. The predicted molar refractivity (Wildman–Crippen MR) is 86.5 cm³/mol. The minimum atomic E-state index is -1.00. The first kappa shape index (κ1) is 18.6. The molecule has 1 fully saturated rings. The van der Waals surface area contributed by atoms with E-state index in [9.17, 15) is 23.6 Å². The molecule has 0 aromatic heterocycles. The highest BCUT2D eigenvalue weighted by molar-refractivity contribution is 6.45. The third kappa shape index (κ3) is 4.20. The summed E-state index contributed by atoms with van der Waals surface area (Å²) in [4.78, 5) is 51.1. The fourth-order valence-corrected chi connectivity index (χ4v) is 2.47. The number of benzene rings is 1. The molecule has 1 aromatic rings. The van der Waals surface area contributed by atoms with Crippen LogP contribution in [0.5, 0.6) is 0 Å². The molecule has 2 rings (SSSR count). The van der Waals surface area contributed by atoms with Crippen molar-refractivity contribution in [3.63, 3.8) is 0 Å². The summed E-state index contributed by atoms with van der Waals surface area (Å²) in [7, 11) is 1.48. The summed E-state index contributed by atoms with van der Waals surface area (Å²) in [5.41, 5.74) is 0.576. The number of likely N-dealkylation sites (N-methyl/N-ethyl adjacent to an activating group) is 1. The molecule has 5 amide bonds. The number of imide groups is 2. The number of hydrogen-bond donors (Lipinski definition) is 0. The van der Waals surface area contributed by atoms with E-state index in [-0.39, 0.29) is 19.0 Å². The number of urea groups is 1. The van der Waals surface area contributed by atoms with Crippen LogP contribution in [0.1, 0.15) is 19.4 Å². The summed E-state index contributed by atoms with van der Waals surface area (Å²) in [6, 6.07) is 4.99. The van der Waals surface area contributed by atoms with Crippen molar-refractivity contribution in [1.29, 1.82) is 0 Å². The molecular formula is C17H20FN3O4. The van der Waals surface area contributed by atoms with Gasteiger partial charge >= 0.3 is 17.8 Å². The standard InChI is InChI=1S/C17H20FN3O4/c1-11(2)8-20-15(23)16(24)21(17(20)25)10-14(22)19(3)9-12-5-4-6-13(18)7-12/h4-7,11H,8-10H2,1-3H3. The van der Waals surface area contributed by atoms with Crippen molar-refractivity contribution in [2.75, 3.05) is 20.1 Å². The lowest BCUT2D eigenvalue weighted by atomic mass is 10.2. The molecule has 0 spiro atoms. The second-order valence-electron chi connectivity index (χ2n) is 6.36. The molecule has 0 radical (unpaired) electrons. The van der Waals surface area contributed by atoms with E-state index in [0.717, 1.165) is 4.90 Å². The summed E-state index contributed by atoms with van der Waals surface area (Å²) in [6.07, 6.45) is 0. The van der Waals surface area contributed by atoms with Crippen molar-refractivity contribution in [2.24, 2.45) is 5.92 Å². The van der Waals surface area contributed by atoms with Gasteiger partial charge in [0.1, 0.15) is 12.4 Å². The fourth-order valence-electron chi connectivity index (χ4n) is 2.47. The first-order valence-electron chi connectivity index (χ1n) is 7.86. The zero-order chi connectivity index (χ0) is 18.7. The Labute approximate surface area is 145 Å². The monoisotopic (exact) mass is 349 g/mol. The number of carbonyl (C=O) groups is 4. The summed E-state index contributed by atoms with van der Waals surface area (Å²) in [6.45, 7) is 3.34. The summed E-state index contributed by atoms with van der Waals surface area (Å²) >= 11 is 0. The van der Waals surface area contributed by atoms with Crippen LogP contribution in [0.3, 0.4) is 0 Å². The van der Waals surface area contributed by atoms with Crippen LogP contribution in [0, 0.1) is 11.7 Å². The molecule has 0 bridgehead atoms. The zero-order valence-corrected chi connectivity index (χ0v) is 14.4. The van der Waals surface area contributed by atoms with Crippen molar-refractivity contribution in [1.82, 2.24) is 14.7 Å². The predicted octanol–water partition coefficient (Wildman–Crippen LogP) is 1.23. The number of halogens is 1. The Hall–Kier alpha value is -2.77. The van der Waals surface area contributed by atoms with Crippen LogP contribution in [-0.2, 0) is 20.9 Å². The third-order valence-electron chi connectivity index (χ3n) is 3.71. The first-order valence-corrected chi connectivity index (χ1v) is 7.86. The Morgan fingerprint density at radius 1 is 1.16 bits per heavy atom. The van der Waals surface area contributed by atoms with E-state index in [0.29, 0.717) is 10.5 Å². The molecule has 1 aromatic carbocycles. The van der Waals surface area contributed by atoms with Crippen molar-refractivity contribution in [2.45, 2.75) is 20.4 Å². The van der Waals surface area contributed by atoms with Gasteiger partial charge in [0.15, 0.2) is 0 Å². The van der Waals surface area contributed by atoms with Gasteiger partial charge in [-0.25, -0.2) is 14.1 Å². The van der Waals surface area contributed by atoms with Crippen LogP contribution in [0.4, 0.5) is 9.18 Å². The molecule has 0 aliphatic carbocycles. The molecular weight excluding hydrogens is 329 g/mol. The second kappa shape index (κ2) is 7.42. The fraction of sp³-hybridized carbons (Fsp3) is 0.412. The molecule has 7 nitrogen and oxygen atoms in total. The molecule has 25 heavy (non-hydrogen) atoms. The maximum Gasteiger partial charge on any atom is 0.334 e. The second-order valence-corrected chi connectivity index (χ2v) is 6.36. The van der Waals surface area contributed by atoms with Crippen molar-refractivity contribution in [3.8, 4) is 0 Å². The molecule has 1 aliphatic heterocycles. The molecule has 1 heterocycles. The average molecular weight is 349 g/mol. The minimum Gasteiger partial charge on any atom is -0.340 e. The zero-order valence-electron chi connectivity index (χ0n) is 14.4. The van der Waals surface area contributed by atoms with Gasteiger partial charge in [-0.2, -0.15) is 0 Å². The van der Waals surface area contributed by atoms with Gasteiger partial charge in [-0.1, -0.05) is 26.0 Å². The molecule has 0 unspecified atom stereocenters. The molecule has 1 aliphatic rings. The normalized spacial score (nSPS) is 14.7. The van der Waals surface area contributed by atoms with Gasteiger partial charge in [-0.15, -0.1) is 0 Å². The lowest BCUT2D eigenvalue weighted by molar-refractivity contribution is -0.144. The number of carbonyl (C=O) groups excluding carboxylic acids is 4. The lowest BCUT2D eigenvalue weighted by Gasteiger charge is -2.21. The highest BCUT2D eigenvalue weighted by Crippen LogP contribution is 2.15. The van der Waals surface area contributed by atoms with E-state index in [1.54, 1.807) is 6.07 Å². The summed E-state index contributed by atoms with van der Waals surface area (Å²) in [5, 5.41) is 0. The van der Waals surface area contributed by atoms with E-state index >= 15 is 0 Å². The van der Waals surface area contributed by atoms with Gasteiger partial charge in [0.25, 0.3) is 0 Å². The molecule has 134 valence electrons. The number of hydrogen-bond acceptors (Lipinski definition) is 4. The minimum absolute atomic E-state index is 0.00648. The number of amides is 5. The third-order valence-corrected chi connectivity index (χ3v) is 3.71. The van der Waals surface area contributed by atoms with Crippen LogP contribution < -0.4 is 0 Å². The Morgan fingerprint density at radius 2 is 1.80 bits per heavy atom. The summed E-state index contributed by atoms with van der Waals surface area (Å²) in [5.74, 6) is -2.85. The van der Waals surface area contributed by atoms with Crippen molar-refractivity contribution in [3.05, 3.63) is 35.6 Å². The van der Waals surface area contributed by atoms with E-state index in [1.165, 1.54) is 30.1 Å². The molecule has 8 heteroatoms. The van der Waals surface area contributed by atoms with Gasteiger partial charge in [0, 0.05) is 20.1 Å². The topological polar surface area (TPSA) is 78.0 Å². The highest BCUT2D eigenvalue weighted by atomic mass is 19.1. The number of rotatable bonds is 6. The first-order chi connectivity index (χ1) is 11.7. The van der Waals surface area contributed by atoms with Crippen LogP contribution in [0.15, 0.2) is 24.3 Å². The van der Waals surface area contributed by atoms with E-state index in [1.807, 2.05) is 13.8 Å². The maximum absolute atomic E-state index is 13.2. The van der Waals surface area contributed by atoms with Crippen LogP contribution in [0.25, 0.3) is 0 Å². The average Bonchev–Trinajstić information content (AvgIpc) is 2.72. The van der Waals surface area contributed by atoms with E-state index < -0.39 is 36.1 Å². The van der Waals surface area contributed by atoms with Crippen molar-refractivity contribution >= 4 is 23.8 Å². The Bertz CT molecular complexity index is 720. The van der Waals surface area contributed by atoms with Gasteiger partial charge in [-0.3, -0.25) is 19.3 Å². The van der Waals surface area contributed by atoms with Crippen LogP contribution in [-0.4, -0.2) is 58.6 Å². The smallest absolute Gasteiger partial charge is 0.334 e. The highest BCUT2D eigenvalue weighted by Gasteiger charge is 2.45. The lowest BCUT2D eigenvalue weighted by Crippen LogP contribution is -2.42. The maximum atomic E-state index is 13.2. The van der Waals surface area contributed by atoms with Gasteiger partial charge in [0.2, 0.25) is 5.91 Å². The van der Waals surface area contributed by atoms with Crippen LogP contribution in [0.2, 0.25) is 0 Å². The Morgan fingerprint density at radius 3 is 2.40 bits per heavy atom. The Balaban J connectivity index is 2.03. The van der Waals surface area contributed by atoms with Crippen LogP contribution >= 0.6 is 0 Å². The van der Waals surface area contributed by atoms with Gasteiger partial charge < -0.3 is 4.90 Å². The van der Waals surface area contributed by atoms with Gasteiger partial charge in [0.05, 0.1) is 0 Å². The summed E-state index contributed by atoms with van der Waals surface area (Å²) < 4.78 is 13.2.